The number of amides is 1. The number of carbonyl (C=O) groups excluding carboxylic acids is 1. The Morgan fingerprint density at radius 2 is 2.00 bits per heavy atom. The maximum Gasteiger partial charge on any atom is 0.234 e. The normalized spacial score (nSPS) is 19.7. The van der Waals surface area contributed by atoms with Crippen LogP contribution in [0.4, 0.5) is 17.5 Å². The second kappa shape index (κ2) is 8.36. The number of aromatic nitrogens is 2. The van der Waals surface area contributed by atoms with Crippen molar-refractivity contribution in [3.63, 3.8) is 0 Å². The lowest BCUT2D eigenvalue weighted by molar-refractivity contribution is -0.125. The molecule has 1 aromatic heterocycles. The highest BCUT2D eigenvalue weighted by Gasteiger charge is 2.41. The van der Waals surface area contributed by atoms with Crippen molar-refractivity contribution < 1.29 is 9.53 Å². The van der Waals surface area contributed by atoms with Crippen LogP contribution in [0.2, 0.25) is 0 Å². The molecule has 1 aliphatic heterocycles. The lowest BCUT2D eigenvalue weighted by Crippen LogP contribution is -2.45. The molecule has 1 fully saturated rings. The molecule has 0 spiro atoms. The van der Waals surface area contributed by atoms with Crippen molar-refractivity contribution in [1.29, 1.82) is 0 Å². The first-order valence-electron chi connectivity index (χ1n) is 11.1. The lowest BCUT2D eigenvalue weighted by atomic mass is 9.91. The second-order valence-corrected chi connectivity index (χ2v) is 9.36. The third-order valence-electron chi connectivity index (χ3n) is 6.54. The van der Waals surface area contributed by atoms with Crippen molar-refractivity contribution in [2.24, 2.45) is 5.41 Å². The van der Waals surface area contributed by atoms with Gasteiger partial charge in [0.05, 0.1) is 24.8 Å². The maximum atomic E-state index is 13.1. The Labute approximate surface area is 184 Å². The van der Waals surface area contributed by atoms with E-state index in [4.69, 9.17) is 9.72 Å². The lowest BCUT2D eigenvalue weighted by Gasteiger charge is -2.34. The van der Waals surface area contributed by atoms with E-state index in [9.17, 15) is 4.79 Å². The zero-order valence-corrected chi connectivity index (χ0v) is 19.2. The molecule has 7 heteroatoms. The van der Waals surface area contributed by atoms with Crippen LogP contribution in [0, 0.1) is 5.41 Å². The molecule has 4 rings (SSSR count). The molecule has 166 valence electrons. The van der Waals surface area contributed by atoms with E-state index in [1.165, 1.54) is 12.8 Å². The average molecular weight is 424 g/mol. The number of rotatable bonds is 5. The van der Waals surface area contributed by atoms with Crippen LogP contribution in [0.3, 0.4) is 0 Å². The van der Waals surface area contributed by atoms with E-state index in [0.717, 1.165) is 35.7 Å². The summed E-state index contributed by atoms with van der Waals surface area (Å²) in [5, 5.41) is 3.43. The molecule has 7 nitrogen and oxygen atoms in total. The molecule has 1 aromatic carbocycles. The summed E-state index contributed by atoms with van der Waals surface area (Å²) in [4.78, 5) is 26.7. The van der Waals surface area contributed by atoms with E-state index < -0.39 is 5.41 Å². The molecule has 2 heterocycles. The zero-order valence-electron chi connectivity index (χ0n) is 19.2. The molecule has 31 heavy (non-hydrogen) atoms. The third kappa shape index (κ3) is 4.18. The Hall–Kier alpha value is -2.83. The van der Waals surface area contributed by atoms with Crippen LogP contribution in [0.15, 0.2) is 30.5 Å². The van der Waals surface area contributed by atoms with Gasteiger partial charge in [-0.1, -0.05) is 25.0 Å². The van der Waals surface area contributed by atoms with E-state index in [2.05, 4.69) is 28.2 Å². The van der Waals surface area contributed by atoms with Gasteiger partial charge in [-0.05, 0) is 51.3 Å². The highest BCUT2D eigenvalue weighted by Crippen LogP contribution is 2.40. The van der Waals surface area contributed by atoms with Crippen molar-refractivity contribution in [2.45, 2.75) is 58.5 Å². The largest absolute Gasteiger partial charge is 0.497 e. The third-order valence-corrected chi connectivity index (χ3v) is 6.54. The van der Waals surface area contributed by atoms with Gasteiger partial charge >= 0.3 is 0 Å². The summed E-state index contributed by atoms with van der Waals surface area (Å²) < 4.78 is 5.35. The van der Waals surface area contributed by atoms with Crippen molar-refractivity contribution in [2.75, 3.05) is 35.8 Å². The molecular weight excluding hydrogens is 390 g/mol. The predicted molar refractivity (Wildman–Crippen MR) is 124 cm³/mol. The van der Waals surface area contributed by atoms with Crippen LogP contribution < -0.4 is 19.9 Å². The maximum absolute atomic E-state index is 13.1. The van der Waals surface area contributed by atoms with Crippen LogP contribution >= 0.6 is 0 Å². The number of benzene rings is 1. The number of anilines is 3. The van der Waals surface area contributed by atoms with Gasteiger partial charge in [0.1, 0.15) is 11.4 Å². The van der Waals surface area contributed by atoms with Crippen molar-refractivity contribution in [3.05, 3.63) is 36.0 Å². The Balaban J connectivity index is 1.68. The smallest absolute Gasteiger partial charge is 0.234 e. The van der Waals surface area contributed by atoms with E-state index in [0.29, 0.717) is 18.5 Å². The molecule has 1 saturated carbocycles. The fourth-order valence-corrected chi connectivity index (χ4v) is 4.72. The molecular formula is C24H33N5O2. The monoisotopic (exact) mass is 423 g/mol. The summed E-state index contributed by atoms with van der Waals surface area (Å²) >= 11 is 0. The van der Waals surface area contributed by atoms with Gasteiger partial charge < -0.3 is 19.9 Å². The number of methoxy groups -OCH3 is 1. The summed E-state index contributed by atoms with van der Waals surface area (Å²) in [5.74, 6) is 2.34. The van der Waals surface area contributed by atoms with Crippen LogP contribution in [0.1, 0.15) is 58.1 Å². The topological polar surface area (TPSA) is 70.6 Å². The zero-order chi connectivity index (χ0) is 22.2. The molecule has 0 radical (unpaired) electrons. The molecule has 0 saturated heterocycles. The van der Waals surface area contributed by atoms with Gasteiger partial charge in [-0.15, -0.1) is 0 Å². The Kier molecular flexibility index (Phi) is 5.77. The van der Waals surface area contributed by atoms with Gasteiger partial charge in [-0.25, -0.2) is 4.98 Å². The minimum Gasteiger partial charge on any atom is -0.497 e. The van der Waals surface area contributed by atoms with Gasteiger partial charge in [0.2, 0.25) is 11.9 Å². The summed E-state index contributed by atoms with van der Waals surface area (Å²) in [6.45, 7) is 6.79. The average Bonchev–Trinajstić information content (AvgIpc) is 3.29. The highest BCUT2D eigenvalue weighted by atomic mass is 16.5. The number of hydrogen-bond acceptors (Lipinski definition) is 6. The van der Waals surface area contributed by atoms with Crippen molar-refractivity contribution in [3.8, 4) is 5.75 Å². The molecule has 2 aromatic rings. The van der Waals surface area contributed by atoms with Gasteiger partial charge in [0, 0.05) is 19.6 Å². The highest BCUT2D eigenvalue weighted by molar-refractivity contribution is 6.00. The van der Waals surface area contributed by atoms with Crippen LogP contribution in [-0.4, -0.2) is 42.6 Å². The molecule has 0 bridgehead atoms. The fraction of sp³-hybridized carbons (Fsp3) is 0.542. The summed E-state index contributed by atoms with van der Waals surface area (Å²) in [6.07, 6.45) is 6.51. The van der Waals surface area contributed by atoms with Crippen LogP contribution in [0.25, 0.3) is 0 Å². The Morgan fingerprint density at radius 1 is 1.26 bits per heavy atom. The van der Waals surface area contributed by atoms with Crippen molar-refractivity contribution >= 4 is 23.4 Å². The quantitative estimate of drug-likeness (QED) is 0.768. The number of fused-ring (bicyclic) bond motifs is 1. The molecule has 2 aliphatic rings. The number of hydrogen-bond donors (Lipinski definition) is 1. The van der Waals surface area contributed by atoms with Crippen LogP contribution in [0.5, 0.6) is 5.75 Å². The standard InChI is InChI=1S/C24H33N5O2/c1-16(17-9-8-12-19(13-17)31-5)26-23-25-14-20-21(27-23)29(18-10-6-7-11-18)15-24(2,3)22(30)28(20)4/h8-9,12-14,16,18H,6-7,10-11,15H2,1-5H3,(H,25,26,27)/t16-/m0/s1. The van der Waals surface area contributed by atoms with Gasteiger partial charge in [0.15, 0.2) is 5.82 Å². The Bertz CT molecular complexity index is 955. The number of nitrogens with zero attached hydrogens (tertiary/aromatic N) is 4. The number of carbonyl (C=O) groups is 1. The predicted octanol–water partition coefficient (Wildman–Crippen LogP) is 4.41. The SMILES string of the molecule is COc1cccc([C@H](C)Nc2ncc3c(n2)N(C2CCCC2)CC(C)(C)C(=O)N3C)c1. The summed E-state index contributed by atoms with van der Waals surface area (Å²) in [7, 11) is 3.50. The Morgan fingerprint density at radius 3 is 2.71 bits per heavy atom. The number of nitrogens with one attached hydrogen (secondary N) is 1. The second-order valence-electron chi connectivity index (χ2n) is 9.36. The van der Waals surface area contributed by atoms with E-state index in [-0.39, 0.29) is 11.9 Å². The molecule has 0 unspecified atom stereocenters. The fourth-order valence-electron chi connectivity index (χ4n) is 4.72. The number of ether oxygens (including phenoxy) is 1. The van der Waals surface area contributed by atoms with Crippen LogP contribution in [-0.2, 0) is 4.79 Å². The molecule has 1 N–H and O–H groups in total. The van der Waals surface area contributed by atoms with E-state index >= 15 is 0 Å². The van der Waals surface area contributed by atoms with Gasteiger partial charge in [-0.3, -0.25) is 4.79 Å². The molecule has 1 aliphatic carbocycles. The molecule has 1 amide bonds. The first-order valence-corrected chi connectivity index (χ1v) is 11.1. The summed E-state index contributed by atoms with van der Waals surface area (Å²) in [5.41, 5.74) is 1.39. The van der Waals surface area contributed by atoms with Crippen molar-refractivity contribution in [1.82, 2.24) is 9.97 Å². The first-order chi connectivity index (χ1) is 14.8. The van der Waals surface area contributed by atoms with Gasteiger partial charge in [0.25, 0.3) is 0 Å². The minimum absolute atomic E-state index is 0.00895. The van der Waals surface area contributed by atoms with E-state index in [1.807, 2.05) is 39.1 Å². The first kappa shape index (κ1) is 21.4. The summed E-state index contributed by atoms with van der Waals surface area (Å²) in [6, 6.07) is 8.41. The molecule has 1 atom stereocenters. The minimum atomic E-state index is -0.487. The van der Waals surface area contributed by atoms with E-state index in [1.54, 1.807) is 18.2 Å². The van der Waals surface area contributed by atoms with Gasteiger partial charge in [-0.2, -0.15) is 4.98 Å².